The minimum Gasteiger partial charge on any atom is -0.465 e. The first kappa shape index (κ1) is 24.0. The number of halogens is 1. The zero-order valence-corrected chi connectivity index (χ0v) is 20.0. The van der Waals surface area contributed by atoms with Crippen molar-refractivity contribution in [2.75, 3.05) is 18.4 Å². The topological polar surface area (TPSA) is 151 Å². The van der Waals surface area contributed by atoms with E-state index < -0.39 is 41.3 Å². The molecule has 0 spiro atoms. The lowest BCUT2D eigenvalue weighted by Crippen LogP contribution is -2.46. The van der Waals surface area contributed by atoms with Crippen molar-refractivity contribution < 1.29 is 29.1 Å². The molecule has 2 unspecified atom stereocenters. The number of rotatable bonds is 5. The average molecular weight is 514 g/mol. The van der Waals surface area contributed by atoms with Crippen LogP contribution in [-0.2, 0) is 16.1 Å². The van der Waals surface area contributed by atoms with Crippen LogP contribution in [0, 0.1) is 11.8 Å². The van der Waals surface area contributed by atoms with Crippen molar-refractivity contribution in [3.63, 3.8) is 0 Å². The van der Waals surface area contributed by atoms with Gasteiger partial charge in [-0.25, -0.2) is 4.79 Å². The van der Waals surface area contributed by atoms with E-state index in [2.05, 4.69) is 15.7 Å². The van der Waals surface area contributed by atoms with Crippen molar-refractivity contribution in [3.8, 4) is 0 Å². The SMILES string of the molecule is O=C1CCC(C2C(=O)c3cccc(NCc4cn(C5CCN(C(=O)O)CC5)nc4Cl)c3C2=O)C(=O)N1. The predicted molar refractivity (Wildman–Crippen MR) is 127 cm³/mol. The number of piperidine rings is 2. The Kier molecular flexibility index (Phi) is 6.25. The van der Waals surface area contributed by atoms with Crippen LogP contribution in [0.25, 0.3) is 0 Å². The number of ketones is 2. The number of carboxylic acid groups (broad SMARTS) is 1. The summed E-state index contributed by atoms with van der Waals surface area (Å²) in [6.45, 7) is 1.09. The van der Waals surface area contributed by atoms with Gasteiger partial charge in [-0.05, 0) is 25.3 Å². The summed E-state index contributed by atoms with van der Waals surface area (Å²) in [7, 11) is 0. The first-order valence-electron chi connectivity index (χ1n) is 11.7. The lowest BCUT2D eigenvalue weighted by atomic mass is 9.82. The minimum atomic E-state index is -1.14. The van der Waals surface area contributed by atoms with Crippen molar-refractivity contribution in [3.05, 3.63) is 46.2 Å². The molecule has 12 heteroatoms. The zero-order chi connectivity index (χ0) is 25.6. The molecule has 5 rings (SSSR count). The Balaban J connectivity index is 1.30. The molecule has 0 radical (unpaired) electrons. The zero-order valence-electron chi connectivity index (χ0n) is 19.2. The molecule has 2 aromatic rings. The number of hydrogen-bond donors (Lipinski definition) is 3. The van der Waals surface area contributed by atoms with E-state index in [1.54, 1.807) is 29.1 Å². The second-order valence-corrected chi connectivity index (χ2v) is 9.63. The highest BCUT2D eigenvalue weighted by Gasteiger charge is 2.48. The molecule has 2 atom stereocenters. The van der Waals surface area contributed by atoms with Crippen molar-refractivity contribution in [1.29, 1.82) is 0 Å². The molecule has 11 nitrogen and oxygen atoms in total. The van der Waals surface area contributed by atoms with Crippen LogP contribution in [0.5, 0.6) is 0 Å². The quantitative estimate of drug-likeness (QED) is 0.407. The van der Waals surface area contributed by atoms with Crippen LogP contribution in [0.3, 0.4) is 0 Å². The van der Waals surface area contributed by atoms with E-state index in [0.29, 0.717) is 42.3 Å². The molecule has 3 heterocycles. The number of amides is 3. The number of imide groups is 1. The fourth-order valence-corrected chi connectivity index (χ4v) is 5.43. The molecule has 1 aliphatic carbocycles. The van der Waals surface area contributed by atoms with Crippen LogP contribution in [0.2, 0.25) is 5.15 Å². The molecule has 0 saturated carbocycles. The number of nitrogens with one attached hydrogen (secondary N) is 2. The molecule has 1 aromatic carbocycles. The maximum Gasteiger partial charge on any atom is 0.407 e. The number of aromatic nitrogens is 2. The summed E-state index contributed by atoms with van der Waals surface area (Å²) < 4.78 is 1.75. The Bertz CT molecular complexity index is 1280. The van der Waals surface area contributed by atoms with Crippen molar-refractivity contribution in [2.45, 2.75) is 38.3 Å². The van der Waals surface area contributed by atoms with E-state index in [4.69, 9.17) is 16.7 Å². The van der Waals surface area contributed by atoms with E-state index in [1.807, 2.05) is 0 Å². The molecule has 3 N–H and O–H groups in total. The number of carbonyl (C=O) groups excluding carboxylic acids is 4. The lowest BCUT2D eigenvalue weighted by molar-refractivity contribution is -0.137. The van der Waals surface area contributed by atoms with Gasteiger partial charge in [0.15, 0.2) is 16.7 Å². The summed E-state index contributed by atoms with van der Waals surface area (Å²) in [5.41, 5.74) is 1.64. The average Bonchev–Trinajstić information content (AvgIpc) is 3.35. The van der Waals surface area contributed by atoms with Crippen LogP contribution in [0.15, 0.2) is 24.4 Å². The van der Waals surface area contributed by atoms with E-state index in [9.17, 15) is 24.0 Å². The number of anilines is 1. The molecule has 1 aromatic heterocycles. The molecule has 2 fully saturated rings. The highest BCUT2D eigenvalue weighted by atomic mass is 35.5. The maximum absolute atomic E-state index is 13.3. The molecule has 3 aliphatic rings. The second-order valence-electron chi connectivity index (χ2n) is 9.27. The highest BCUT2D eigenvalue weighted by molar-refractivity contribution is 6.30. The molecule has 2 saturated heterocycles. The van der Waals surface area contributed by atoms with E-state index in [-0.39, 0.29) is 36.6 Å². The number of Topliss-reactive ketones (excluding diaryl/α,β-unsaturated/α-hetero) is 2. The Morgan fingerprint density at radius 1 is 1.14 bits per heavy atom. The monoisotopic (exact) mass is 513 g/mol. The van der Waals surface area contributed by atoms with E-state index in [0.717, 1.165) is 0 Å². The number of nitrogens with zero attached hydrogens (tertiary/aromatic N) is 3. The number of benzene rings is 1. The third-order valence-corrected chi connectivity index (χ3v) is 7.48. The van der Waals surface area contributed by atoms with Gasteiger partial charge in [0, 0.05) is 49.1 Å². The standard InChI is InChI=1S/C24H24ClN5O6/c25-22-12(11-30(28-22)13-6-8-29(9-7-13)24(35)36)10-26-16-3-1-2-14-18(16)21(33)19(20(14)32)15-4-5-17(31)27-23(15)34/h1-3,11,13,15,19,26H,4-10H2,(H,35,36)(H,27,31,34). The molecular formula is C24H24ClN5O6. The molecule has 188 valence electrons. The Morgan fingerprint density at radius 2 is 1.89 bits per heavy atom. The Morgan fingerprint density at radius 3 is 2.58 bits per heavy atom. The van der Waals surface area contributed by atoms with Gasteiger partial charge in [-0.2, -0.15) is 5.10 Å². The van der Waals surface area contributed by atoms with Crippen LogP contribution in [0.1, 0.15) is 58.0 Å². The van der Waals surface area contributed by atoms with E-state index in [1.165, 1.54) is 4.90 Å². The number of hydrogen-bond acceptors (Lipinski definition) is 7. The molecule has 0 bridgehead atoms. The molecule has 36 heavy (non-hydrogen) atoms. The van der Waals surface area contributed by atoms with Gasteiger partial charge in [0.1, 0.15) is 0 Å². The summed E-state index contributed by atoms with van der Waals surface area (Å²) >= 11 is 6.36. The van der Waals surface area contributed by atoms with Crippen LogP contribution >= 0.6 is 11.6 Å². The van der Waals surface area contributed by atoms with Gasteiger partial charge in [-0.15, -0.1) is 0 Å². The van der Waals surface area contributed by atoms with Crippen molar-refractivity contribution >= 4 is 46.8 Å². The number of fused-ring (bicyclic) bond motifs is 1. The fraction of sp³-hybridized carbons (Fsp3) is 0.417. The predicted octanol–water partition coefficient (Wildman–Crippen LogP) is 2.51. The normalized spacial score (nSPS) is 22.5. The van der Waals surface area contributed by atoms with Crippen molar-refractivity contribution in [2.24, 2.45) is 11.8 Å². The first-order chi connectivity index (χ1) is 17.2. The van der Waals surface area contributed by atoms with Crippen molar-refractivity contribution in [1.82, 2.24) is 20.0 Å². The third kappa shape index (κ3) is 4.23. The molecular weight excluding hydrogens is 490 g/mol. The van der Waals surface area contributed by atoms with Gasteiger partial charge in [-0.1, -0.05) is 23.7 Å². The first-order valence-corrected chi connectivity index (χ1v) is 12.1. The van der Waals surface area contributed by atoms with Gasteiger partial charge >= 0.3 is 6.09 Å². The third-order valence-electron chi connectivity index (χ3n) is 7.16. The summed E-state index contributed by atoms with van der Waals surface area (Å²) in [5.74, 6) is -3.85. The van der Waals surface area contributed by atoms with Gasteiger partial charge in [0.25, 0.3) is 0 Å². The van der Waals surface area contributed by atoms with E-state index >= 15 is 0 Å². The summed E-state index contributed by atoms with van der Waals surface area (Å²) in [4.78, 5) is 62.7. The maximum atomic E-state index is 13.3. The van der Waals surface area contributed by atoms with Gasteiger partial charge in [0.2, 0.25) is 11.8 Å². The van der Waals surface area contributed by atoms with Crippen LogP contribution in [0.4, 0.5) is 10.5 Å². The summed E-state index contributed by atoms with van der Waals surface area (Å²) in [6.07, 6.45) is 2.37. The second kappa shape index (κ2) is 9.38. The van der Waals surface area contributed by atoms with Crippen LogP contribution < -0.4 is 10.6 Å². The smallest absolute Gasteiger partial charge is 0.407 e. The minimum absolute atomic E-state index is 0.0290. The lowest BCUT2D eigenvalue weighted by Gasteiger charge is -2.30. The fourth-order valence-electron chi connectivity index (χ4n) is 5.23. The van der Waals surface area contributed by atoms with Gasteiger partial charge < -0.3 is 15.3 Å². The molecule has 3 amide bonds. The summed E-state index contributed by atoms with van der Waals surface area (Å²) in [6, 6.07) is 4.96. The Hall–Kier alpha value is -3.73. The highest BCUT2D eigenvalue weighted by Crippen LogP contribution is 2.38. The number of likely N-dealkylation sites (tertiary alicyclic amines) is 1. The Labute approximate surface area is 210 Å². The largest absolute Gasteiger partial charge is 0.465 e. The van der Waals surface area contributed by atoms with Gasteiger partial charge in [-0.3, -0.25) is 29.2 Å². The van der Waals surface area contributed by atoms with Crippen LogP contribution in [-0.4, -0.2) is 62.4 Å². The molecule has 2 aliphatic heterocycles. The van der Waals surface area contributed by atoms with Gasteiger partial charge in [0.05, 0.1) is 23.4 Å². The number of carbonyl (C=O) groups is 5. The summed E-state index contributed by atoms with van der Waals surface area (Å²) in [5, 5.41) is 19.2.